The van der Waals surface area contributed by atoms with Gasteiger partial charge in [0.1, 0.15) is 17.8 Å². The van der Waals surface area contributed by atoms with Gasteiger partial charge in [0.15, 0.2) is 0 Å². The molecule has 2 N–H and O–H groups in total. The van der Waals surface area contributed by atoms with Crippen LogP contribution in [0, 0.1) is 0 Å². The van der Waals surface area contributed by atoms with Crippen LogP contribution in [0.15, 0.2) is 42.5 Å². The van der Waals surface area contributed by atoms with E-state index < -0.39 is 23.4 Å². The van der Waals surface area contributed by atoms with Crippen LogP contribution in [0.5, 0.6) is 5.75 Å². The van der Waals surface area contributed by atoms with Gasteiger partial charge in [-0.3, -0.25) is 14.5 Å². The molecule has 1 heterocycles. The molecule has 0 saturated carbocycles. The predicted molar refractivity (Wildman–Crippen MR) is 108 cm³/mol. The van der Waals surface area contributed by atoms with Gasteiger partial charge in [0.2, 0.25) is 5.91 Å². The molecule has 7 nitrogen and oxygen atoms in total. The van der Waals surface area contributed by atoms with E-state index in [9.17, 15) is 14.4 Å². The van der Waals surface area contributed by atoms with Crippen LogP contribution in [-0.4, -0.2) is 36.4 Å². The molecule has 0 unspecified atom stereocenters. The highest BCUT2D eigenvalue weighted by Crippen LogP contribution is 2.39. The minimum Gasteiger partial charge on any atom is -0.495 e. The van der Waals surface area contributed by atoms with Gasteiger partial charge in [0.25, 0.3) is 5.91 Å². The van der Waals surface area contributed by atoms with E-state index in [0.717, 1.165) is 28.9 Å². The lowest BCUT2D eigenvalue weighted by Crippen LogP contribution is -2.47. The number of anilines is 1. The topological polar surface area (TPSA) is 87.7 Å². The number of halogens is 1. The number of aryl methyl sites for hydroxylation is 1. The molecular formula is C21H20ClN3O4. The normalized spacial score (nSPS) is 20.4. The molecule has 4 rings (SSSR count). The highest BCUT2D eigenvalue weighted by atomic mass is 35.5. The minimum atomic E-state index is -1.09. The van der Waals surface area contributed by atoms with Crippen LogP contribution in [0.4, 0.5) is 10.5 Å². The Bertz CT molecular complexity index is 1010. The summed E-state index contributed by atoms with van der Waals surface area (Å²) in [4.78, 5) is 39.2. The van der Waals surface area contributed by atoms with Crippen molar-refractivity contribution >= 4 is 35.1 Å². The lowest BCUT2D eigenvalue weighted by Gasteiger charge is -2.33. The molecule has 0 aromatic heterocycles. The average Bonchev–Trinajstić information content (AvgIpc) is 2.93. The fourth-order valence-corrected chi connectivity index (χ4v) is 4.30. The van der Waals surface area contributed by atoms with Crippen molar-refractivity contribution < 1.29 is 19.1 Å². The van der Waals surface area contributed by atoms with Gasteiger partial charge in [-0.1, -0.05) is 35.9 Å². The van der Waals surface area contributed by atoms with Gasteiger partial charge in [-0.15, -0.1) is 0 Å². The van der Waals surface area contributed by atoms with E-state index in [4.69, 9.17) is 16.3 Å². The number of carbonyl (C=O) groups excluding carboxylic acids is 3. The highest BCUT2D eigenvalue weighted by molar-refractivity contribution is 6.32. The molecule has 1 saturated heterocycles. The number of benzene rings is 2. The Kier molecular flexibility index (Phi) is 4.92. The molecule has 4 amide bonds. The number of urea groups is 1. The molecule has 29 heavy (non-hydrogen) atoms. The summed E-state index contributed by atoms with van der Waals surface area (Å²) < 4.78 is 5.08. The first-order valence-electron chi connectivity index (χ1n) is 9.30. The molecule has 1 spiro atoms. The van der Waals surface area contributed by atoms with Crippen LogP contribution in [-0.2, 0) is 21.5 Å². The highest BCUT2D eigenvalue weighted by Gasteiger charge is 2.54. The van der Waals surface area contributed by atoms with Gasteiger partial charge in [0.05, 0.1) is 12.1 Å². The fourth-order valence-electron chi connectivity index (χ4n) is 4.04. The number of carbonyl (C=O) groups is 3. The van der Waals surface area contributed by atoms with Gasteiger partial charge < -0.3 is 15.4 Å². The molecule has 150 valence electrons. The SMILES string of the molecule is COc1ccc(NC(=O)CN2C(=O)N[C@@]3(CCCc4ccccc43)C2=O)cc1Cl. The van der Waals surface area contributed by atoms with Crippen molar-refractivity contribution in [2.24, 2.45) is 0 Å². The van der Waals surface area contributed by atoms with Crippen molar-refractivity contribution in [3.05, 3.63) is 58.6 Å². The summed E-state index contributed by atoms with van der Waals surface area (Å²) in [6.07, 6.45) is 2.16. The Morgan fingerprint density at radius 2 is 2.07 bits per heavy atom. The van der Waals surface area contributed by atoms with Crippen LogP contribution in [0.25, 0.3) is 0 Å². The summed E-state index contributed by atoms with van der Waals surface area (Å²) >= 11 is 6.07. The molecule has 1 atom stereocenters. The Morgan fingerprint density at radius 1 is 1.28 bits per heavy atom. The van der Waals surface area contributed by atoms with E-state index in [-0.39, 0.29) is 6.54 Å². The third-order valence-corrected chi connectivity index (χ3v) is 5.68. The Hall–Kier alpha value is -3.06. The maximum Gasteiger partial charge on any atom is 0.325 e. The number of methoxy groups -OCH3 is 1. The summed E-state index contributed by atoms with van der Waals surface area (Å²) in [5, 5.41) is 5.84. The standard InChI is InChI=1S/C21H20ClN3O4/c1-29-17-9-8-14(11-16(17)22)23-18(26)12-25-19(27)21(24-20(25)28)10-4-6-13-5-2-3-7-15(13)21/h2-3,5,7-9,11H,4,6,10,12H2,1H3,(H,23,26)(H,24,28)/t21-/m1/s1. The van der Waals surface area contributed by atoms with E-state index in [1.807, 2.05) is 24.3 Å². The number of imide groups is 1. The minimum absolute atomic E-state index is 0.345. The van der Waals surface area contributed by atoms with Crippen LogP contribution < -0.4 is 15.4 Å². The molecule has 2 aliphatic rings. The molecule has 1 aliphatic heterocycles. The van der Waals surface area contributed by atoms with Crippen LogP contribution in [0.2, 0.25) is 5.02 Å². The predicted octanol–water partition coefficient (Wildman–Crippen LogP) is 3.07. The van der Waals surface area contributed by atoms with Crippen molar-refractivity contribution in [1.82, 2.24) is 10.2 Å². The largest absolute Gasteiger partial charge is 0.495 e. The first-order chi connectivity index (χ1) is 13.9. The molecule has 2 aromatic rings. The maximum atomic E-state index is 13.2. The first-order valence-corrected chi connectivity index (χ1v) is 9.68. The molecule has 8 heteroatoms. The fraction of sp³-hybridized carbons (Fsp3) is 0.286. The van der Waals surface area contributed by atoms with Gasteiger partial charge >= 0.3 is 6.03 Å². The summed E-state index contributed by atoms with van der Waals surface area (Å²) in [5.41, 5.74) is 1.22. The molecule has 2 aromatic carbocycles. The zero-order chi connectivity index (χ0) is 20.6. The van der Waals surface area contributed by atoms with E-state index in [2.05, 4.69) is 10.6 Å². The van der Waals surface area contributed by atoms with Crippen molar-refractivity contribution in [3.8, 4) is 5.75 Å². The van der Waals surface area contributed by atoms with Gasteiger partial charge in [-0.25, -0.2) is 4.79 Å². The first kappa shape index (κ1) is 19.3. The maximum absolute atomic E-state index is 13.2. The Balaban J connectivity index is 1.52. The molecule has 0 radical (unpaired) electrons. The number of nitrogens with one attached hydrogen (secondary N) is 2. The number of hydrogen-bond acceptors (Lipinski definition) is 4. The van der Waals surface area contributed by atoms with E-state index >= 15 is 0 Å². The van der Waals surface area contributed by atoms with E-state index in [1.165, 1.54) is 7.11 Å². The van der Waals surface area contributed by atoms with Gasteiger partial charge in [0, 0.05) is 5.69 Å². The molecule has 1 aliphatic carbocycles. The third kappa shape index (κ3) is 3.31. The van der Waals surface area contributed by atoms with Crippen LogP contribution >= 0.6 is 11.6 Å². The number of amides is 4. The van der Waals surface area contributed by atoms with Crippen molar-refractivity contribution in [3.63, 3.8) is 0 Å². The molecule has 1 fully saturated rings. The zero-order valence-corrected chi connectivity index (χ0v) is 16.6. The van der Waals surface area contributed by atoms with Crippen LogP contribution in [0.1, 0.15) is 24.0 Å². The Labute approximate surface area is 173 Å². The van der Waals surface area contributed by atoms with E-state index in [0.29, 0.717) is 22.9 Å². The van der Waals surface area contributed by atoms with Crippen LogP contribution in [0.3, 0.4) is 0 Å². The number of fused-ring (bicyclic) bond motifs is 2. The number of ether oxygens (including phenoxy) is 1. The van der Waals surface area contributed by atoms with E-state index in [1.54, 1.807) is 18.2 Å². The summed E-state index contributed by atoms with van der Waals surface area (Å²) in [6.45, 7) is -0.377. The van der Waals surface area contributed by atoms with Crippen molar-refractivity contribution in [2.75, 3.05) is 19.0 Å². The van der Waals surface area contributed by atoms with Gasteiger partial charge in [-0.2, -0.15) is 0 Å². The quantitative estimate of drug-likeness (QED) is 0.754. The average molecular weight is 414 g/mol. The molecular weight excluding hydrogens is 394 g/mol. The van der Waals surface area contributed by atoms with Crippen molar-refractivity contribution in [1.29, 1.82) is 0 Å². The number of nitrogens with zero attached hydrogens (tertiary/aromatic N) is 1. The molecule has 0 bridgehead atoms. The second-order valence-electron chi connectivity index (χ2n) is 7.13. The summed E-state index contributed by atoms with van der Waals surface area (Å²) in [5.74, 6) is -0.398. The number of rotatable bonds is 4. The second kappa shape index (κ2) is 7.40. The monoisotopic (exact) mass is 413 g/mol. The number of hydrogen-bond donors (Lipinski definition) is 2. The Morgan fingerprint density at radius 3 is 2.83 bits per heavy atom. The third-order valence-electron chi connectivity index (χ3n) is 5.39. The summed E-state index contributed by atoms with van der Waals surface area (Å²) in [6, 6.07) is 11.9. The second-order valence-corrected chi connectivity index (χ2v) is 7.54. The zero-order valence-electron chi connectivity index (χ0n) is 15.8. The summed E-state index contributed by atoms with van der Waals surface area (Å²) in [7, 11) is 1.50. The lowest BCUT2D eigenvalue weighted by molar-refractivity contribution is -0.134. The van der Waals surface area contributed by atoms with Gasteiger partial charge in [-0.05, 0) is 48.6 Å². The van der Waals surface area contributed by atoms with Crippen molar-refractivity contribution in [2.45, 2.75) is 24.8 Å². The lowest BCUT2D eigenvalue weighted by atomic mass is 9.76. The smallest absolute Gasteiger partial charge is 0.325 e.